The number of hydrogen-bond acceptors (Lipinski definition) is 3. The van der Waals surface area contributed by atoms with Crippen LogP contribution >= 0.6 is 11.8 Å². The molecule has 1 aliphatic heterocycles. The summed E-state index contributed by atoms with van der Waals surface area (Å²) < 4.78 is 0. The summed E-state index contributed by atoms with van der Waals surface area (Å²) in [4.78, 5) is 22.6. The van der Waals surface area contributed by atoms with E-state index in [1.807, 2.05) is 11.8 Å². The molecule has 2 rings (SSSR count). The minimum absolute atomic E-state index is 0.145. The van der Waals surface area contributed by atoms with Crippen molar-refractivity contribution in [3.05, 3.63) is 0 Å². The quantitative estimate of drug-likeness (QED) is 0.720. The number of hydrogen-bond donors (Lipinski definition) is 3. The van der Waals surface area contributed by atoms with E-state index in [2.05, 4.69) is 10.6 Å². The van der Waals surface area contributed by atoms with E-state index in [1.165, 1.54) is 0 Å². The Morgan fingerprint density at radius 1 is 1.26 bits per heavy atom. The third-order valence-electron chi connectivity index (χ3n) is 4.12. The van der Waals surface area contributed by atoms with Crippen molar-refractivity contribution < 1.29 is 14.7 Å². The zero-order valence-electron chi connectivity index (χ0n) is 11.1. The Morgan fingerprint density at radius 3 is 2.47 bits per heavy atom. The van der Waals surface area contributed by atoms with Crippen LogP contribution in [0, 0.1) is 5.41 Å². The van der Waals surface area contributed by atoms with Gasteiger partial charge in [0.25, 0.3) is 0 Å². The van der Waals surface area contributed by atoms with Crippen molar-refractivity contribution in [3.63, 3.8) is 0 Å². The van der Waals surface area contributed by atoms with Gasteiger partial charge in [-0.15, -0.1) is 0 Å². The van der Waals surface area contributed by atoms with Crippen LogP contribution in [0.3, 0.4) is 0 Å². The van der Waals surface area contributed by atoms with Crippen molar-refractivity contribution in [2.24, 2.45) is 5.41 Å². The molecule has 1 aliphatic carbocycles. The number of rotatable bonds is 5. The average molecular weight is 286 g/mol. The predicted octanol–water partition coefficient (Wildman–Crippen LogP) is 1.83. The molecule has 5 nitrogen and oxygen atoms in total. The molecule has 0 atom stereocenters. The third kappa shape index (κ3) is 4.30. The van der Waals surface area contributed by atoms with Crippen LogP contribution < -0.4 is 10.6 Å². The van der Waals surface area contributed by atoms with E-state index >= 15 is 0 Å². The zero-order valence-corrected chi connectivity index (χ0v) is 11.9. The lowest BCUT2D eigenvalue weighted by Gasteiger charge is -2.41. The third-order valence-corrected chi connectivity index (χ3v) is 5.17. The second-order valence-electron chi connectivity index (χ2n) is 5.64. The molecule has 0 aromatic rings. The SMILES string of the molecule is O=C(O)CC1(CNC(=O)NC2CCSCC2)CCC1. The molecule has 1 heterocycles. The van der Waals surface area contributed by atoms with Crippen LogP contribution in [0.4, 0.5) is 4.79 Å². The molecule has 2 amide bonds. The summed E-state index contributed by atoms with van der Waals surface area (Å²) in [5.74, 6) is 1.44. The Kier molecular flexibility index (Phi) is 4.96. The van der Waals surface area contributed by atoms with Gasteiger partial charge in [0.05, 0.1) is 6.42 Å². The molecule has 0 bridgehead atoms. The van der Waals surface area contributed by atoms with Crippen LogP contribution in [-0.2, 0) is 4.79 Å². The number of carbonyl (C=O) groups is 2. The molecule has 19 heavy (non-hydrogen) atoms. The van der Waals surface area contributed by atoms with E-state index in [0.29, 0.717) is 6.54 Å². The van der Waals surface area contributed by atoms with E-state index in [1.54, 1.807) is 0 Å². The molecule has 6 heteroatoms. The maximum Gasteiger partial charge on any atom is 0.315 e. The lowest BCUT2D eigenvalue weighted by atomic mass is 9.66. The Morgan fingerprint density at radius 2 is 1.95 bits per heavy atom. The Labute approximate surface area is 117 Å². The van der Waals surface area contributed by atoms with Gasteiger partial charge in [-0.2, -0.15) is 11.8 Å². The molecule has 0 aromatic carbocycles. The highest BCUT2D eigenvalue weighted by Crippen LogP contribution is 2.43. The van der Waals surface area contributed by atoms with Gasteiger partial charge in [-0.1, -0.05) is 6.42 Å². The van der Waals surface area contributed by atoms with Gasteiger partial charge in [-0.05, 0) is 42.6 Å². The number of carboxylic acid groups (broad SMARTS) is 1. The summed E-state index contributed by atoms with van der Waals surface area (Å²) in [6, 6.07) is 0.131. The summed E-state index contributed by atoms with van der Waals surface area (Å²) in [5.41, 5.74) is -0.203. The van der Waals surface area contributed by atoms with Crippen LogP contribution in [0.1, 0.15) is 38.5 Å². The molecule has 2 fully saturated rings. The van der Waals surface area contributed by atoms with Crippen LogP contribution in [0.25, 0.3) is 0 Å². The lowest BCUT2D eigenvalue weighted by molar-refractivity contribution is -0.141. The molecule has 1 saturated carbocycles. The summed E-state index contributed by atoms with van der Waals surface area (Å²) in [7, 11) is 0. The van der Waals surface area contributed by atoms with Gasteiger partial charge in [-0.3, -0.25) is 4.79 Å². The van der Waals surface area contributed by atoms with E-state index < -0.39 is 5.97 Å². The maximum atomic E-state index is 11.8. The fourth-order valence-electron chi connectivity index (χ4n) is 2.76. The van der Waals surface area contributed by atoms with Gasteiger partial charge < -0.3 is 15.7 Å². The van der Waals surface area contributed by atoms with Crippen molar-refractivity contribution in [1.29, 1.82) is 0 Å². The van der Waals surface area contributed by atoms with E-state index in [9.17, 15) is 9.59 Å². The predicted molar refractivity (Wildman–Crippen MR) is 75.4 cm³/mol. The Balaban J connectivity index is 1.71. The largest absolute Gasteiger partial charge is 0.481 e. The Bertz CT molecular complexity index is 339. The van der Waals surface area contributed by atoms with Crippen molar-refractivity contribution in [2.75, 3.05) is 18.1 Å². The zero-order chi connectivity index (χ0) is 13.7. The van der Waals surface area contributed by atoms with Gasteiger partial charge in [0.2, 0.25) is 0 Å². The molecule has 0 aromatic heterocycles. The van der Waals surface area contributed by atoms with Crippen LogP contribution in [0.15, 0.2) is 0 Å². The molecule has 3 N–H and O–H groups in total. The Hall–Kier alpha value is -0.910. The number of urea groups is 1. The summed E-state index contributed by atoms with van der Waals surface area (Å²) in [6.45, 7) is 0.479. The molecule has 108 valence electrons. The molecule has 0 radical (unpaired) electrons. The first-order chi connectivity index (χ1) is 9.10. The van der Waals surface area contributed by atoms with Gasteiger partial charge in [0, 0.05) is 12.6 Å². The topological polar surface area (TPSA) is 78.4 Å². The van der Waals surface area contributed by atoms with Gasteiger partial charge in [0.1, 0.15) is 0 Å². The molecule has 1 saturated heterocycles. The lowest BCUT2D eigenvalue weighted by Crippen LogP contribution is -2.49. The number of carboxylic acids is 1. The van der Waals surface area contributed by atoms with Crippen LogP contribution in [0.2, 0.25) is 0 Å². The standard InChI is InChI=1S/C13H22N2O3S/c16-11(17)8-13(4-1-5-13)9-14-12(18)15-10-2-6-19-7-3-10/h10H,1-9H2,(H,16,17)(H2,14,15,18). The molecular formula is C13H22N2O3S. The number of amides is 2. The smallest absolute Gasteiger partial charge is 0.315 e. The van der Waals surface area contributed by atoms with Crippen LogP contribution in [-0.4, -0.2) is 41.2 Å². The van der Waals surface area contributed by atoms with Crippen molar-refractivity contribution in [3.8, 4) is 0 Å². The minimum atomic E-state index is -0.772. The second kappa shape index (κ2) is 6.50. The summed E-state index contributed by atoms with van der Waals surface area (Å²) in [5, 5.41) is 14.7. The highest BCUT2D eigenvalue weighted by atomic mass is 32.2. The molecular weight excluding hydrogens is 264 g/mol. The average Bonchev–Trinajstić information content (AvgIpc) is 2.33. The fraction of sp³-hybridized carbons (Fsp3) is 0.846. The summed E-state index contributed by atoms with van der Waals surface area (Å²) in [6.07, 6.45) is 5.08. The monoisotopic (exact) mass is 286 g/mol. The first kappa shape index (κ1) is 14.5. The second-order valence-corrected chi connectivity index (χ2v) is 6.86. The number of thioether (sulfide) groups is 1. The molecule has 2 aliphatic rings. The molecule has 0 spiro atoms. The first-order valence-electron chi connectivity index (χ1n) is 6.94. The van der Waals surface area contributed by atoms with Crippen molar-refractivity contribution in [1.82, 2.24) is 10.6 Å². The van der Waals surface area contributed by atoms with Gasteiger partial charge in [0.15, 0.2) is 0 Å². The van der Waals surface area contributed by atoms with Gasteiger partial charge in [-0.25, -0.2) is 4.79 Å². The van der Waals surface area contributed by atoms with Gasteiger partial charge >= 0.3 is 12.0 Å². The highest BCUT2D eigenvalue weighted by molar-refractivity contribution is 7.99. The highest BCUT2D eigenvalue weighted by Gasteiger charge is 2.39. The van der Waals surface area contributed by atoms with E-state index in [0.717, 1.165) is 43.6 Å². The minimum Gasteiger partial charge on any atom is -0.481 e. The summed E-state index contributed by atoms with van der Waals surface area (Å²) >= 11 is 1.93. The number of nitrogens with one attached hydrogen (secondary N) is 2. The van der Waals surface area contributed by atoms with Crippen molar-refractivity contribution >= 4 is 23.8 Å². The number of aliphatic carboxylic acids is 1. The van der Waals surface area contributed by atoms with Crippen LogP contribution in [0.5, 0.6) is 0 Å². The van der Waals surface area contributed by atoms with Crippen molar-refractivity contribution in [2.45, 2.75) is 44.6 Å². The molecule has 0 unspecified atom stereocenters. The normalized spacial score (nSPS) is 22.3. The van der Waals surface area contributed by atoms with E-state index in [-0.39, 0.29) is 23.9 Å². The van der Waals surface area contributed by atoms with E-state index in [4.69, 9.17) is 5.11 Å². The number of carbonyl (C=O) groups excluding carboxylic acids is 1. The maximum absolute atomic E-state index is 11.8. The first-order valence-corrected chi connectivity index (χ1v) is 8.09. The fourth-order valence-corrected chi connectivity index (χ4v) is 3.87.